The molecule has 7 heteroatoms. The maximum atomic E-state index is 13.4. The Labute approximate surface area is 225 Å². The Morgan fingerprint density at radius 2 is 1.36 bits per heavy atom. The second kappa shape index (κ2) is 8.18. The Morgan fingerprint density at radius 1 is 0.718 bits per heavy atom. The molecule has 8 rings (SSSR count). The zero-order chi connectivity index (χ0) is 26.1. The maximum absolute atomic E-state index is 13.4. The lowest BCUT2D eigenvalue weighted by Crippen LogP contribution is -2.04. The molecule has 0 saturated heterocycles. The third-order valence-corrected chi connectivity index (χ3v) is 8.14. The molecule has 0 spiro atoms. The number of aromatic nitrogens is 3. The summed E-state index contributed by atoms with van der Waals surface area (Å²) in [6, 6.07) is 31.1. The molecule has 0 N–H and O–H groups in total. The molecule has 0 aliphatic heterocycles. The number of para-hydroxylation sites is 1. The van der Waals surface area contributed by atoms with Crippen molar-refractivity contribution in [3.63, 3.8) is 0 Å². The van der Waals surface area contributed by atoms with E-state index in [0.29, 0.717) is 34.2 Å². The molecular formula is C32H17N3O3S. The molecule has 7 aromatic rings. The van der Waals surface area contributed by atoms with Gasteiger partial charge in [-0.15, -0.1) is 11.3 Å². The molecule has 0 amide bonds. The highest BCUT2D eigenvalue weighted by molar-refractivity contribution is 7.22. The lowest BCUT2D eigenvalue weighted by Gasteiger charge is -2.05. The molecule has 1 aliphatic carbocycles. The number of rotatable bonds is 3. The van der Waals surface area contributed by atoms with E-state index in [1.54, 1.807) is 29.5 Å². The maximum Gasteiger partial charge on any atom is 0.267 e. The van der Waals surface area contributed by atoms with Crippen LogP contribution in [0.4, 0.5) is 0 Å². The summed E-state index contributed by atoms with van der Waals surface area (Å²) < 4.78 is 9.09. The monoisotopic (exact) mass is 523 g/mol. The fraction of sp³-hybridized carbons (Fsp3) is 0. The summed E-state index contributed by atoms with van der Waals surface area (Å²) in [5.41, 5.74) is 2.55. The molecule has 3 aromatic heterocycles. The minimum Gasteiger partial charge on any atom is -0.415 e. The van der Waals surface area contributed by atoms with Crippen LogP contribution in [0.15, 0.2) is 107 Å². The van der Waals surface area contributed by atoms with Crippen molar-refractivity contribution in [1.82, 2.24) is 14.5 Å². The summed E-state index contributed by atoms with van der Waals surface area (Å²) >= 11 is 1.60. The third-order valence-electron chi connectivity index (χ3n) is 7.04. The molecular weight excluding hydrogens is 506 g/mol. The summed E-state index contributed by atoms with van der Waals surface area (Å²) in [6.07, 6.45) is 1.55. The predicted octanol–water partition coefficient (Wildman–Crippen LogP) is 7.51. The largest absolute Gasteiger partial charge is 0.415 e. The Kier molecular flexibility index (Phi) is 4.59. The number of hydrogen-bond acceptors (Lipinski definition) is 6. The van der Waals surface area contributed by atoms with Crippen molar-refractivity contribution in [3.05, 3.63) is 120 Å². The topological polar surface area (TPSA) is 78.0 Å². The van der Waals surface area contributed by atoms with E-state index in [1.807, 2.05) is 71.3 Å². The van der Waals surface area contributed by atoms with Gasteiger partial charge in [-0.2, -0.15) is 9.97 Å². The van der Waals surface area contributed by atoms with Gasteiger partial charge in [-0.05, 0) is 58.6 Å². The molecule has 39 heavy (non-hydrogen) atoms. The number of Topliss-reactive ketones (excluding diaryl/α,β-unsaturated/α-hetero) is 2. The summed E-state index contributed by atoms with van der Waals surface area (Å²) in [5, 5.41) is 2.95. The number of nitrogens with zero attached hydrogens (tertiary/aromatic N) is 3. The normalized spacial score (nSPS) is 13.2. The number of carbonyl (C=O) groups is 2. The van der Waals surface area contributed by atoms with Gasteiger partial charge >= 0.3 is 0 Å². The summed E-state index contributed by atoms with van der Waals surface area (Å²) in [5.74, 6) is 0.266. The number of hydrogen-bond donors (Lipinski definition) is 0. The first-order valence-corrected chi connectivity index (χ1v) is 13.2. The van der Waals surface area contributed by atoms with Crippen LogP contribution in [0.1, 0.15) is 26.5 Å². The zero-order valence-electron chi connectivity index (χ0n) is 20.3. The first-order chi connectivity index (χ1) is 19.1. The second-order valence-corrected chi connectivity index (χ2v) is 10.5. The Hall–Kier alpha value is -5.14. The summed E-state index contributed by atoms with van der Waals surface area (Å²) in [6.45, 7) is 0. The number of allylic oxidation sites excluding steroid dienone is 1. The number of fused-ring (bicyclic) bond motifs is 4. The van der Waals surface area contributed by atoms with Crippen LogP contribution >= 0.6 is 11.3 Å². The molecule has 3 heterocycles. The number of thiophene rings is 1. The van der Waals surface area contributed by atoms with E-state index in [0.717, 1.165) is 31.4 Å². The van der Waals surface area contributed by atoms with Crippen molar-refractivity contribution in [2.45, 2.75) is 0 Å². The molecule has 0 fully saturated rings. The van der Waals surface area contributed by atoms with Gasteiger partial charge in [0.15, 0.2) is 11.6 Å². The Morgan fingerprint density at radius 3 is 2.05 bits per heavy atom. The minimum absolute atomic E-state index is 0.0786. The highest BCUT2D eigenvalue weighted by Crippen LogP contribution is 2.36. The molecule has 4 aromatic carbocycles. The van der Waals surface area contributed by atoms with E-state index in [4.69, 9.17) is 14.4 Å². The zero-order valence-corrected chi connectivity index (χ0v) is 21.1. The van der Waals surface area contributed by atoms with Crippen molar-refractivity contribution in [2.24, 2.45) is 0 Å². The van der Waals surface area contributed by atoms with E-state index in [-0.39, 0.29) is 17.1 Å². The van der Waals surface area contributed by atoms with Gasteiger partial charge in [-0.1, -0.05) is 60.7 Å². The lowest BCUT2D eigenvalue weighted by molar-refractivity contribution is 0.0990. The van der Waals surface area contributed by atoms with Crippen LogP contribution in [-0.2, 0) is 0 Å². The number of carbonyl (C=O) groups excluding carboxylic acids is 2. The van der Waals surface area contributed by atoms with Crippen molar-refractivity contribution >= 4 is 61.2 Å². The van der Waals surface area contributed by atoms with E-state index >= 15 is 0 Å². The van der Waals surface area contributed by atoms with Crippen LogP contribution in [0, 0.1) is 0 Å². The van der Waals surface area contributed by atoms with Gasteiger partial charge in [0.25, 0.3) is 5.71 Å². The first kappa shape index (κ1) is 21.9. The molecule has 0 saturated carbocycles. The molecule has 0 atom stereocenters. The second-order valence-electron chi connectivity index (χ2n) is 9.40. The molecule has 184 valence electrons. The fourth-order valence-electron chi connectivity index (χ4n) is 5.18. The van der Waals surface area contributed by atoms with Crippen LogP contribution < -0.4 is 0 Å². The van der Waals surface area contributed by atoms with E-state index < -0.39 is 0 Å². The van der Waals surface area contributed by atoms with Crippen molar-refractivity contribution in [3.8, 4) is 16.5 Å². The number of oxazole rings is 1. The van der Waals surface area contributed by atoms with Gasteiger partial charge in [0.1, 0.15) is 5.82 Å². The van der Waals surface area contributed by atoms with Crippen molar-refractivity contribution < 1.29 is 14.0 Å². The van der Waals surface area contributed by atoms with Crippen LogP contribution in [0.25, 0.3) is 54.8 Å². The average molecular weight is 524 g/mol. The lowest BCUT2D eigenvalue weighted by atomic mass is 10.0. The highest BCUT2D eigenvalue weighted by Gasteiger charge is 2.34. The van der Waals surface area contributed by atoms with Gasteiger partial charge in [0, 0.05) is 21.5 Å². The van der Waals surface area contributed by atoms with E-state index in [9.17, 15) is 9.59 Å². The highest BCUT2D eigenvalue weighted by atomic mass is 32.1. The Balaban J connectivity index is 1.29. The number of imidazole rings is 1. The molecule has 0 bridgehead atoms. The Bertz CT molecular complexity index is 2080. The molecule has 6 nitrogen and oxygen atoms in total. The van der Waals surface area contributed by atoms with Gasteiger partial charge in [0.2, 0.25) is 11.5 Å². The van der Waals surface area contributed by atoms with Gasteiger partial charge in [-0.3, -0.25) is 14.2 Å². The van der Waals surface area contributed by atoms with Gasteiger partial charge in [0.05, 0.1) is 10.5 Å². The predicted molar refractivity (Wildman–Crippen MR) is 153 cm³/mol. The molecule has 0 radical (unpaired) electrons. The van der Waals surface area contributed by atoms with Crippen LogP contribution in [-0.4, -0.2) is 26.1 Å². The van der Waals surface area contributed by atoms with Crippen LogP contribution in [0.2, 0.25) is 0 Å². The van der Waals surface area contributed by atoms with Gasteiger partial charge in [-0.25, -0.2) is 0 Å². The fourth-order valence-corrected chi connectivity index (χ4v) is 6.16. The minimum atomic E-state index is -0.307. The van der Waals surface area contributed by atoms with Crippen LogP contribution in [0.3, 0.4) is 0 Å². The third kappa shape index (κ3) is 3.34. The molecule has 1 aliphatic rings. The standard InChI is InChI=1S/C32H17N3O3S/c36-28-22-14-18-8-4-5-9-19(18)15-23(22)29(37)24(28)17-27-33-32-30(35(27)21-11-2-1-3-12-21)34-31(38-32)26-16-20-10-6-7-13-25(20)39-26/h1-17H. The first-order valence-electron chi connectivity index (χ1n) is 12.4. The van der Waals surface area contributed by atoms with E-state index in [2.05, 4.69) is 18.2 Å². The summed E-state index contributed by atoms with van der Waals surface area (Å²) in [7, 11) is 0. The van der Waals surface area contributed by atoms with Crippen molar-refractivity contribution in [1.29, 1.82) is 0 Å². The number of ketones is 2. The molecule has 0 unspecified atom stereocenters. The smallest absolute Gasteiger partial charge is 0.267 e. The number of benzene rings is 4. The van der Waals surface area contributed by atoms with Crippen molar-refractivity contribution in [2.75, 3.05) is 0 Å². The van der Waals surface area contributed by atoms with Gasteiger partial charge < -0.3 is 4.42 Å². The van der Waals surface area contributed by atoms with E-state index in [1.165, 1.54) is 0 Å². The average Bonchev–Trinajstić information content (AvgIpc) is 3.71. The SMILES string of the molecule is O=C1C(=Cc2nc3oc(-c4cc5ccccc5s4)nc3n2-c2ccccc2)C(=O)c2cc3ccccc3cc21. The quantitative estimate of drug-likeness (QED) is 0.177. The van der Waals surface area contributed by atoms with Crippen LogP contribution in [0.5, 0.6) is 0 Å². The summed E-state index contributed by atoms with van der Waals surface area (Å²) in [4.78, 5) is 37.2.